The van der Waals surface area contributed by atoms with Crippen LogP contribution in [-0.4, -0.2) is 26.6 Å². The van der Waals surface area contributed by atoms with Crippen molar-refractivity contribution in [3.05, 3.63) is 12.7 Å². The Morgan fingerprint density at radius 3 is 2.50 bits per heavy atom. The minimum atomic E-state index is -0.181. The smallest absolute Gasteiger partial charge is 0.179 e. The van der Waals surface area contributed by atoms with Crippen molar-refractivity contribution in [2.24, 2.45) is 0 Å². The molecular formula is C5H8BO2. The SMILES string of the molecule is C=CC1OC[B]CO1. The van der Waals surface area contributed by atoms with E-state index in [-0.39, 0.29) is 6.29 Å². The van der Waals surface area contributed by atoms with E-state index >= 15 is 0 Å². The lowest BCUT2D eigenvalue weighted by molar-refractivity contribution is -0.0988. The summed E-state index contributed by atoms with van der Waals surface area (Å²) in [5.74, 6) is 0. The van der Waals surface area contributed by atoms with E-state index in [0.29, 0.717) is 13.0 Å². The van der Waals surface area contributed by atoms with E-state index in [9.17, 15) is 0 Å². The van der Waals surface area contributed by atoms with Crippen LogP contribution < -0.4 is 0 Å². The van der Waals surface area contributed by atoms with Crippen LogP contribution in [0.3, 0.4) is 0 Å². The number of hydrogen-bond acceptors (Lipinski definition) is 2. The molecule has 0 atom stereocenters. The van der Waals surface area contributed by atoms with Crippen LogP contribution >= 0.6 is 0 Å². The van der Waals surface area contributed by atoms with Gasteiger partial charge in [0.2, 0.25) is 0 Å². The van der Waals surface area contributed by atoms with Crippen molar-refractivity contribution in [3.8, 4) is 0 Å². The maximum Gasteiger partial charge on any atom is 0.179 e. The first kappa shape index (κ1) is 5.85. The van der Waals surface area contributed by atoms with Crippen LogP contribution in [0.2, 0.25) is 0 Å². The molecular weight excluding hydrogens is 103 g/mol. The van der Waals surface area contributed by atoms with E-state index in [2.05, 4.69) is 6.58 Å². The Morgan fingerprint density at radius 1 is 1.50 bits per heavy atom. The molecule has 1 aliphatic heterocycles. The molecule has 8 heavy (non-hydrogen) atoms. The molecule has 0 N–H and O–H groups in total. The summed E-state index contributed by atoms with van der Waals surface area (Å²) in [5.41, 5.74) is 0. The Morgan fingerprint density at radius 2 is 2.12 bits per heavy atom. The summed E-state index contributed by atoms with van der Waals surface area (Å²) < 4.78 is 10.1. The molecule has 1 aliphatic rings. The van der Waals surface area contributed by atoms with Gasteiger partial charge in [-0.1, -0.05) is 6.58 Å². The predicted molar refractivity (Wildman–Crippen MR) is 31.6 cm³/mol. The Hall–Kier alpha value is -0.275. The molecule has 1 heterocycles. The van der Waals surface area contributed by atoms with Crippen LogP contribution in [0.5, 0.6) is 0 Å². The molecule has 0 aromatic rings. The van der Waals surface area contributed by atoms with E-state index in [1.54, 1.807) is 6.08 Å². The minimum Gasteiger partial charge on any atom is -0.358 e. The molecule has 0 spiro atoms. The maximum atomic E-state index is 5.03. The molecule has 1 rings (SSSR count). The second-order valence-electron chi connectivity index (χ2n) is 1.56. The molecule has 1 saturated heterocycles. The van der Waals surface area contributed by atoms with Gasteiger partial charge in [-0.2, -0.15) is 0 Å². The fraction of sp³-hybridized carbons (Fsp3) is 0.600. The number of ether oxygens (including phenoxy) is 2. The van der Waals surface area contributed by atoms with Crippen LogP contribution in [0.15, 0.2) is 12.7 Å². The van der Waals surface area contributed by atoms with Gasteiger partial charge in [0, 0.05) is 13.0 Å². The summed E-state index contributed by atoms with van der Waals surface area (Å²) in [6, 6.07) is 0. The summed E-state index contributed by atoms with van der Waals surface area (Å²) in [7, 11) is 1.93. The van der Waals surface area contributed by atoms with Gasteiger partial charge in [0.1, 0.15) is 0 Å². The molecule has 0 unspecified atom stereocenters. The summed E-state index contributed by atoms with van der Waals surface area (Å²) >= 11 is 0. The zero-order chi connectivity index (χ0) is 5.82. The van der Waals surface area contributed by atoms with Gasteiger partial charge >= 0.3 is 0 Å². The molecule has 1 radical (unpaired) electrons. The van der Waals surface area contributed by atoms with Gasteiger partial charge in [-0.15, -0.1) is 0 Å². The second-order valence-corrected chi connectivity index (χ2v) is 1.56. The number of hydrogen-bond donors (Lipinski definition) is 0. The Labute approximate surface area is 49.7 Å². The minimum absolute atomic E-state index is 0.181. The maximum absolute atomic E-state index is 5.03. The topological polar surface area (TPSA) is 18.5 Å². The molecule has 3 heteroatoms. The monoisotopic (exact) mass is 111 g/mol. The zero-order valence-corrected chi connectivity index (χ0v) is 4.67. The largest absolute Gasteiger partial charge is 0.358 e. The van der Waals surface area contributed by atoms with Gasteiger partial charge in [0.25, 0.3) is 0 Å². The highest BCUT2D eigenvalue weighted by Crippen LogP contribution is 1.98. The summed E-state index contributed by atoms with van der Waals surface area (Å²) in [6.07, 6.45) is 1.47. The van der Waals surface area contributed by atoms with E-state index in [4.69, 9.17) is 9.47 Å². The average Bonchev–Trinajstić information content (AvgIpc) is 1.90. The van der Waals surface area contributed by atoms with Crippen LogP contribution in [0.25, 0.3) is 0 Å². The van der Waals surface area contributed by atoms with Crippen molar-refractivity contribution < 1.29 is 9.47 Å². The first-order chi connectivity index (χ1) is 3.93. The van der Waals surface area contributed by atoms with Crippen LogP contribution in [0.4, 0.5) is 0 Å². The summed E-state index contributed by atoms with van der Waals surface area (Å²) in [4.78, 5) is 0. The van der Waals surface area contributed by atoms with Crippen molar-refractivity contribution in [2.45, 2.75) is 6.29 Å². The molecule has 0 bridgehead atoms. The van der Waals surface area contributed by atoms with Gasteiger partial charge < -0.3 is 9.47 Å². The van der Waals surface area contributed by atoms with Gasteiger partial charge in [-0.25, -0.2) is 0 Å². The van der Waals surface area contributed by atoms with Crippen molar-refractivity contribution in [1.29, 1.82) is 0 Å². The Bertz CT molecular complexity index is 78.5. The average molecular weight is 111 g/mol. The molecule has 0 amide bonds. The molecule has 0 saturated carbocycles. The van der Waals surface area contributed by atoms with Crippen LogP contribution in [-0.2, 0) is 9.47 Å². The lowest BCUT2D eigenvalue weighted by Gasteiger charge is -2.18. The predicted octanol–water partition coefficient (Wildman–Crippen LogP) is 0.164. The highest BCUT2D eigenvalue weighted by Gasteiger charge is 2.09. The molecule has 2 nitrogen and oxygen atoms in total. The lowest BCUT2D eigenvalue weighted by atomic mass is 9.81. The summed E-state index contributed by atoms with van der Waals surface area (Å²) in [6.45, 7) is 4.88. The van der Waals surface area contributed by atoms with Gasteiger partial charge in [0.05, 0.1) is 0 Å². The third-order valence-corrected chi connectivity index (χ3v) is 0.949. The first-order valence-electron chi connectivity index (χ1n) is 2.61. The highest BCUT2D eigenvalue weighted by atomic mass is 16.7. The summed E-state index contributed by atoms with van der Waals surface area (Å²) in [5, 5.41) is 0. The lowest BCUT2D eigenvalue weighted by Crippen LogP contribution is -2.28. The Kier molecular flexibility index (Phi) is 2.12. The zero-order valence-electron chi connectivity index (χ0n) is 4.67. The molecule has 0 aromatic carbocycles. The van der Waals surface area contributed by atoms with E-state index in [0.717, 1.165) is 0 Å². The van der Waals surface area contributed by atoms with E-state index in [1.807, 2.05) is 7.28 Å². The van der Waals surface area contributed by atoms with Crippen LogP contribution in [0.1, 0.15) is 0 Å². The fourth-order valence-corrected chi connectivity index (χ4v) is 0.558. The van der Waals surface area contributed by atoms with Gasteiger partial charge in [-0.05, 0) is 6.08 Å². The third-order valence-electron chi connectivity index (χ3n) is 0.949. The molecule has 1 fully saturated rings. The molecule has 0 aromatic heterocycles. The molecule has 43 valence electrons. The third kappa shape index (κ3) is 1.35. The van der Waals surface area contributed by atoms with Crippen LogP contribution in [0, 0.1) is 0 Å². The van der Waals surface area contributed by atoms with Gasteiger partial charge in [-0.3, -0.25) is 0 Å². The standard InChI is InChI=1S/C5H8BO2/c1-2-5-7-3-6-4-8-5/h2,5H,1,3-4H2. The first-order valence-corrected chi connectivity index (χ1v) is 2.61. The second kappa shape index (κ2) is 2.90. The van der Waals surface area contributed by atoms with Crippen molar-refractivity contribution in [3.63, 3.8) is 0 Å². The molecule has 0 aliphatic carbocycles. The van der Waals surface area contributed by atoms with Crippen molar-refractivity contribution >= 4 is 7.28 Å². The van der Waals surface area contributed by atoms with Crippen molar-refractivity contribution in [1.82, 2.24) is 0 Å². The highest BCUT2D eigenvalue weighted by molar-refractivity contribution is 6.35. The fourth-order valence-electron chi connectivity index (χ4n) is 0.558. The van der Waals surface area contributed by atoms with E-state index < -0.39 is 0 Å². The quantitative estimate of drug-likeness (QED) is 0.354. The van der Waals surface area contributed by atoms with E-state index in [1.165, 1.54) is 0 Å². The Balaban J connectivity index is 2.22. The van der Waals surface area contributed by atoms with Gasteiger partial charge in [0.15, 0.2) is 13.6 Å². The normalized spacial score (nSPS) is 22.0. The van der Waals surface area contributed by atoms with Crippen molar-refractivity contribution in [2.75, 3.05) is 13.0 Å². The number of rotatable bonds is 1.